The highest BCUT2D eigenvalue weighted by Gasteiger charge is 2.44. The molecular weight excluding hydrogens is 632 g/mol. The van der Waals surface area contributed by atoms with Crippen LogP contribution in [0.2, 0.25) is 0 Å². The second-order valence-corrected chi connectivity index (χ2v) is 13.4. The molecule has 1 aliphatic rings. The van der Waals surface area contributed by atoms with Crippen molar-refractivity contribution in [3.05, 3.63) is 124 Å². The van der Waals surface area contributed by atoms with Crippen LogP contribution in [0.1, 0.15) is 73.0 Å². The highest BCUT2D eigenvalue weighted by Crippen LogP contribution is 2.43. The maximum atomic E-state index is 12.1. The molecule has 1 fully saturated rings. The SMILES string of the molecule is CN(CCCOc1cccc(CNC[C@H](O)c2ccc(O)c3[nH]c(=O)ccc23)c1)CCc1cnc([C@](O)(c2ccccc2)C2CCCCC2)o1. The normalized spacial score (nSPS) is 15.7. The van der Waals surface area contributed by atoms with E-state index >= 15 is 0 Å². The van der Waals surface area contributed by atoms with Crippen molar-refractivity contribution < 1.29 is 24.5 Å². The molecule has 0 saturated heterocycles. The summed E-state index contributed by atoms with van der Waals surface area (Å²) in [7, 11) is 2.08. The minimum atomic E-state index is -1.22. The van der Waals surface area contributed by atoms with Crippen molar-refractivity contribution in [3.63, 3.8) is 0 Å². The molecule has 1 saturated carbocycles. The number of hydrogen-bond acceptors (Lipinski definition) is 9. The molecule has 10 nitrogen and oxygen atoms in total. The fourth-order valence-corrected chi connectivity index (χ4v) is 7.04. The minimum Gasteiger partial charge on any atom is -0.506 e. The van der Waals surface area contributed by atoms with Crippen LogP contribution in [0.15, 0.2) is 94.3 Å². The van der Waals surface area contributed by atoms with Gasteiger partial charge in [-0.1, -0.05) is 67.8 Å². The first-order valence-corrected chi connectivity index (χ1v) is 17.7. The van der Waals surface area contributed by atoms with Gasteiger partial charge in [-0.3, -0.25) is 4.79 Å². The summed E-state index contributed by atoms with van der Waals surface area (Å²) in [4.78, 5) is 21.2. The van der Waals surface area contributed by atoms with Gasteiger partial charge in [0.15, 0.2) is 5.60 Å². The molecule has 3 aromatic carbocycles. The number of rotatable bonds is 16. The highest BCUT2D eigenvalue weighted by atomic mass is 16.5. The Morgan fingerprint density at radius 2 is 1.86 bits per heavy atom. The molecule has 6 rings (SSSR count). The van der Waals surface area contributed by atoms with Gasteiger partial charge in [-0.25, -0.2) is 4.98 Å². The van der Waals surface area contributed by atoms with Crippen molar-refractivity contribution in [1.29, 1.82) is 0 Å². The standard InChI is InChI=1S/C40H48N4O6/c1-44(22-20-32-26-42-39(50-32)40(48,29-11-4-2-5-12-29)30-13-6-3-7-14-30)21-9-23-49-31-15-8-10-28(24-31)25-41-27-36(46)33-16-18-35(45)38-34(33)17-19-37(47)43-38/h2,4-5,8,10-12,15-19,24,26,30,36,41,45-46,48H,3,6-7,9,13-14,20-23,25,27H2,1H3,(H,43,47)/t36-,40-/m0/s1. The van der Waals surface area contributed by atoms with E-state index in [4.69, 9.17) is 9.15 Å². The van der Waals surface area contributed by atoms with E-state index in [0.717, 1.165) is 67.8 Å². The largest absolute Gasteiger partial charge is 0.506 e. The van der Waals surface area contributed by atoms with Crippen molar-refractivity contribution in [2.24, 2.45) is 5.92 Å². The second kappa shape index (κ2) is 16.5. The van der Waals surface area contributed by atoms with Gasteiger partial charge in [0.1, 0.15) is 17.3 Å². The fraction of sp³-hybridized carbons (Fsp3) is 0.400. The predicted octanol–water partition coefficient (Wildman–Crippen LogP) is 5.80. The lowest BCUT2D eigenvalue weighted by Crippen LogP contribution is -2.38. The van der Waals surface area contributed by atoms with Gasteiger partial charge in [0.05, 0.1) is 24.4 Å². The first-order chi connectivity index (χ1) is 24.3. The van der Waals surface area contributed by atoms with Gasteiger partial charge in [0.25, 0.3) is 0 Å². The number of phenolic OH excluding ortho intramolecular Hbond substituents is 1. The molecule has 10 heteroatoms. The Morgan fingerprint density at radius 1 is 1.04 bits per heavy atom. The molecule has 0 bridgehead atoms. The monoisotopic (exact) mass is 680 g/mol. The molecule has 0 radical (unpaired) electrons. The number of fused-ring (bicyclic) bond motifs is 1. The summed E-state index contributed by atoms with van der Waals surface area (Å²) in [6, 6.07) is 23.9. The van der Waals surface area contributed by atoms with Crippen molar-refractivity contribution in [3.8, 4) is 11.5 Å². The van der Waals surface area contributed by atoms with Gasteiger partial charge in [-0.05, 0) is 67.3 Å². The summed E-state index contributed by atoms with van der Waals surface area (Å²) in [5.41, 5.74) is 1.28. The number of aliphatic hydroxyl groups is 2. The van der Waals surface area contributed by atoms with E-state index in [1.807, 2.05) is 54.6 Å². The molecule has 5 aromatic rings. The van der Waals surface area contributed by atoms with E-state index in [-0.39, 0.29) is 17.2 Å². The molecule has 0 amide bonds. The number of ether oxygens (including phenoxy) is 1. The summed E-state index contributed by atoms with van der Waals surface area (Å²) < 4.78 is 12.3. The summed E-state index contributed by atoms with van der Waals surface area (Å²) >= 11 is 0. The van der Waals surface area contributed by atoms with Gasteiger partial charge in [0, 0.05) is 50.0 Å². The fourth-order valence-electron chi connectivity index (χ4n) is 7.04. The number of likely N-dealkylation sites (N-methyl/N-ethyl adjacent to an activating group) is 1. The quantitative estimate of drug-likeness (QED) is 0.0817. The van der Waals surface area contributed by atoms with Crippen LogP contribution in [0.3, 0.4) is 0 Å². The Balaban J connectivity index is 0.936. The third-order valence-electron chi connectivity index (χ3n) is 9.81. The number of benzene rings is 3. The van der Waals surface area contributed by atoms with Gasteiger partial charge in [-0.15, -0.1) is 0 Å². The van der Waals surface area contributed by atoms with E-state index in [1.165, 1.54) is 18.6 Å². The van der Waals surface area contributed by atoms with Crippen LogP contribution in [-0.4, -0.2) is 63.5 Å². The number of oxazole rings is 1. The summed E-state index contributed by atoms with van der Waals surface area (Å²) in [6.07, 6.45) is 7.86. The van der Waals surface area contributed by atoms with Crippen molar-refractivity contribution in [2.75, 3.05) is 33.3 Å². The lowest BCUT2D eigenvalue weighted by Gasteiger charge is -2.36. The number of nitrogens with zero attached hydrogens (tertiary/aromatic N) is 2. The molecule has 50 heavy (non-hydrogen) atoms. The van der Waals surface area contributed by atoms with E-state index in [2.05, 4.69) is 27.2 Å². The number of hydrogen-bond donors (Lipinski definition) is 5. The minimum absolute atomic E-state index is 0.0337. The third kappa shape index (κ3) is 8.45. The van der Waals surface area contributed by atoms with Gasteiger partial charge < -0.3 is 39.7 Å². The van der Waals surface area contributed by atoms with Crippen molar-refractivity contribution in [2.45, 2.75) is 63.2 Å². The van der Waals surface area contributed by atoms with E-state index in [1.54, 1.807) is 18.3 Å². The lowest BCUT2D eigenvalue weighted by atomic mass is 9.73. The molecule has 5 N–H and O–H groups in total. The van der Waals surface area contributed by atoms with Crippen LogP contribution < -0.4 is 15.6 Å². The first-order valence-electron chi connectivity index (χ1n) is 17.7. The summed E-state index contributed by atoms with van der Waals surface area (Å²) in [5.74, 6) is 2.02. The van der Waals surface area contributed by atoms with Crippen molar-refractivity contribution >= 4 is 10.9 Å². The maximum Gasteiger partial charge on any atom is 0.248 e. The topological polar surface area (TPSA) is 144 Å². The van der Waals surface area contributed by atoms with Crippen LogP contribution >= 0.6 is 0 Å². The molecule has 1 aliphatic carbocycles. The first kappa shape index (κ1) is 35.3. The van der Waals surface area contributed by atoms with Gasteiger partial charge in [-0.2, -0.15) is 0 Å². The van der Waals surface area contributed by atoms with Gasteiger partial charge >= 0.3 is 0 Å². The summed E-state index contributed by atoms with van der Waals surface area (Å²) in [5, 5.41) is 36.9. The molecule has 2 atom stereocenters. The average Bonchev–Trinajstić information content (AvgIpc) is 3.63. The lowest BCUT2D eigenvalue weighted by molar-refractivity contribution is -0.0239. The highest BCUT2D eigenvalue weighted by molar-refractivity contribution is 5.87. The molecule has 2 heterocycles. The zero-order valence-electron chi connectivity index (χ0n) is 28.7. The number of aromatic amines is 1. The van der Waals surface area contributed by atoms with Gasteiger partial charge in [0.2, 0.25) is 11.4 Å². The molecule has 0 unspecified atom stereocenters. The zero-order chi connectivity index (χ0) is 34.9. The van der Waals surface area contributed by atoms with Crippen LogP contribution in [0, 0.1) is 5.92 Å². The average molecular weight is 681 g/mol. The van der Waals surface area contributed by atoms with Crippen LogP contribution in [0.5, 0.6) is 11.5 Å². The number of nitrogens with one attached hydrogen (secondary N) is 2. The smallest absolute Gasteiger partial charge is 0.248 e. The summed E-state index contributed by atoms with van der Waals surface area (Å²) in [6.45, 7) is 3.06. The van der Waals surface area contributed by atoms with E-state index in [9.17, 15) is 20.1 Å². The van der Waals surface area contributed by atoms with Crippen molar-refractivity contribution in [1.82, 2.24) is 20.2 Å². The molecule has 0 spiro atoms. The predicted molar refractivity (Wildman–Crippen MR) is 193 cm³/mol. The van der Waals surface area contributed by atoms with Crippen LogP contribution in [0.25, 0.3) is 10.9 Å². The Kier molecular flexibility index (Phi) is 11.7. The number of aliphatic hydroxyl groups excluding tert-OH is 1. The number of pyridine rings is 1. The Morgan fingerprint density at radius 3 is 2.68 bits per heavy atom. The Bertz CT molecular complexity index is 1890. The van der Waals surface area contributed by atoms with E-state index < -0.39 is 11.7 Å². The molecule has 264 valence electrons. The maximum absolute atomic E-state index is 12.1. The molecule has 0 aliphatic heterocycles. The Labute approximate surface area is 292 Å². The van der Waals surface area contributed by atoms with Crippen LogP contribution in [-0.2, 0) is 18.6 Å². The second-order valence-electron chi connectivity index (χ2n) is 13.4. The molecular formula is C40H48N4O6. The number of phenols is 1. The molecule has 2 aromatic heterocycles. The third-order valence-corrected chi connectivity index (χ3v) is 9.81. The number of aromatic hydroxyl groups is 1. The van der Waals surface area contributed by atoms with E-state index in [0.29, 0.717) is 48.5 Å². The van der Waals surface area contributed by atoms with Crippen LogP contribution in [0.4, 0.5) is 0 Å². The zero-order valence-corrected chi connectivity index (χ0v) is 28.7. The number of H-pyrrole nitrogens is 1. The number of aromatic nitrogens is 2. The Hall–Kier alpha value is -4.48.